The minimum Gasteiger partial charge on any atom is -0.333 e. The largest absolute Gasteiger partial charge is 0.333 e. The number of amides is 2. The van der Waals surface area contributed by atoms with Gasteiger partial charge in [-0.15, -0.1) is 11.3 Å². The van der Waals surface area contributed by atoms with Crippen LogP contribution in [0, 0.1) is 6.92 Å². The van der Waals surface area contributed by atoms with Crippen molar-refractivity contribution in [3.05, 3.63) is 74.5 Å². The summed E-state index contributed by atoms with van der Waals surface area (Å²) in [6.07, 6.45) is 10.8. The van der Waals surface area contributed by atoms with Gasteiger partial charge in [-0.1, -0.05) is 35.9 Å². The van der Waals surface area contributed by atoms with Gasteiger partial charge in [0.25, 0.3) is 11.8 Å². The third kappa shape index (κ3) is 4.35. The Bertz CT molecular complexity index is 1130. The fourth-order valence-corrected chi connectivity index (χ4v) is 4.92. The standard InChI is InChI=1S/C23H24N4O3S/c1-14-7-5-3-4-6-8-17(14)22-24-15(2)20(31-22)23(29)27-12-11-18-16(13-27)9-10-19(25-18)21(28)26-30/h3-4,6,8-10,30H,5,7,11-13H2,1-2H3,(H,26,28). The molecule has 1 aliphatic carbocycles. The highest BCUT2D eigenvalue weighted by atomic mass is 32.1. The molecule has 0 saturated carbocycles. The molecule has 0 bridgehead atoms. The lowest BCUT2D eigenvalue weighted by Crippen LogP contribution is -2.36. The van der Waals surface area contributed by atoms with E-state index in [1.54, 1.807) is 22.5 Å². The molecule has 0 fully saturated rings. The number of hydrogen-bond donors (Lipinski definition) is 2. The molecular formula is C23H24N4O3S. The highest BCUT2D eigenvalue weighted by Crippen LogP contribution is 2.31. The summed E-state index contributed by atoms with van der Waals surface area (Å²) >= 11 is 1.45. The lowest BCUT2D eigenvalue weighted by Gasteiger charge is -2.28. The van der Waals surface area contributed by atoms with E-state index in [2.05, 4.69) is 24.1 Å². The third-order valence-corrected chi connectivity index (χ3v) is 6.73. The molecule has 0 atom stereocenters. The number of carbonyl (C=O) groups excluding carboxylic acids is 2. The SMILES string of the molecule is CC1=C(c2nc(C)c(C(=O)N3CCc4nc(C(=O)NO)ccc4C3)s2)C=CC=CCC1. The Hall–Kier alpha value is -3.10. The number of aromatic nitrogens is 2. The zero-order valence-corrected chi connectivity index (χ0v) is 18.3. The monoisotopic (exact) mass is 436 g/mol. The number of pyridine rings is 1. The van der Waals surface area contributed by atoms with E-state index in [9.17, 15) is 9.59 Å². The maximum Gasteiger partial charge on any atom is 0.293 e. The van der Waals surface area contributed by atoms with E-state index in [1.165, 1.54) is 16.9 Å². The molecular weight excluding hydrogens is 412 g/mol. The summed E-state index contributed by atoms with van der Waals surface area (Å²) in [6.45, 7) is 4.95. The van der Waals surface area contributed by atoms with Crippen LogP contribution in [0.1, 0.15) is 61.9 Å². The molecule has 0 radical (unpaired) electrons. The Morgan fingerprint density at radius 2 is 2.00 bits per heavy atom. The number of fused-ring (bicyclic) bond motifs is 1. The highest BCUT2D eigenvalue weighted by molar-refractivity contribution is 7.14. The molecule has 7 nitrogen and oxygen atoms in total. The van der Waals surface area contributed by atoms with Crippen molar-refractivity contribution in [2.75, 3.05) is 6.54 Å². The van der Waals surface area contributed by atoms with Crippen molar-refractivity contribution in [1.29, 1.82) is 0 Å². The van der Waals surface area contributed by atoms with Gasteiger partial charge in [-0.25, -0.2) is 15.4 Å². The number of nitrogens with zero attached hydrogens (tertiary/aromatic N) is 3. The minimum absolute atomic E-state index is 0.0305. The molecule has 0 spiro atoms. The summed E-state index contributed by atoms with van der Waals surface area (Å²) in [4.78, 5) is 36.4. The van der Waals surface area contributed by atoms with Crippen molar-refractivity contribution in [3.63, 3.8) is 0 Å². The van der Waals surface area contributed by atoms with E-state index in [0.29, 0.717) is 24.4 Å². The van der Waals surface area contributed by atoms with Crippen LogP contribution in [-0.4, -0.2) is 38.4 Å². The van der Waals surface area contributed by atoms with Gasteiger partial charge < -0.3 is 4.90 Å². The third-order valence-electron chi connectivity index (χ3n) is 5.55. The number of allylic oxidation sites excluding steroid dienone is 6. The summed E-state index contributed by atoms with van der Waals surface area (Å²) in [5, 5.41) is 9.67. The summed E-state index contributed by atoms with van der Waals surface area (Å²) < 4.78 is 0. The van der Waals surface area contributed by atoms with Gasteiger partial charge in [0, 0.05) is 30.8 Å². The maximum absolute atomic E-state index is 13.3. The molecule has 8 heteroatoms. The first kappa shape index (κ1) is 21.1. The van der Waals surface area contributed by atoms with Gasteiger partial charge in [0.2, 0.25) is 0 Å². The van der Waals surface area contributed by atoms with E-state index in [4.69, 9.17) is 10.2 Å². The number of aryl methyl sites for hydroxylation is 1. The second kappa shape index (κ2) is 8.95. The Morgan fingerprint density at radius 3 is 2.81 bits per heavy atom. The minimum atomic E-state index is -0.641. The number of hydroxylamine groups is 1. The van der Waals surface area contributed by atoms with Crippen LogP contribution in [0.3, 0.4) is 0 Å². The lowest BCUT2D eigenvalue weighted by atomic mass is 10.0. The fraction of sp³-hybridized carbons (Fsp3) is 0.304. The van der Waals surface area contributed by atoms with Gasteiger partial charge in [-0.3, -0.25) is 14.8 Å². The number of rotatable bonds is 3. The summed E-state index contributed by atoms with van der Waals surface area (Å²) in [7, 11) is 0. The van der Waals surface area contributed by atoms with Crippen LogP contribution >= 0.6 is 11.3 Å². The quantitative estimate of drug-likeness (QED) is 0.563. The molecule has 0 aromatic carbocycles. The molecule has 4 rings (SSSR count). The van der Waals surface area contributed by atoms with Crippen molar-refractivity contribution >= 4 is 28.7 Å². The Balaban J connectivity index is 1.56. The molecule has 160 valence electrons. The van der Waals surface area contributed by atoms with E-state index in [-0.39, 0.29) is 11.6 Å². The molecule has 2 aliphatic rings. The average Bonchev–Trinajstić information content (AvgIpc) is 3.15. The summed E-state index contributed by atoms with van der Waals surface area (Å²) in [5.41, 5.74) is 6.56. The van der Waals surface area contributed by atoms with Crippen LogP contribution in [0.25, 0.3) is 5.57 Å². The highest BCUT2D eigenvalue weighted by Gasteiger charge is 2.27. The number of hydrogen-bond acceptors (Lipinski definition) is 6. The second-order valence-electron chi connectivity index (χ2n) is 7.67. The van der Waals surface area contributed by atoms with Crippen LogP contribution in [0.5, 0.6) is 0 Å². The van der Waals surface area contributed by atoms with Gasteiger partial charge in [0.1, 0.15) is 15.6 Å². The lowest BCUT2D eigenvalue weighted by molar-refractivity contribution is 0.0696. The summed E-state index contributed by atoms with van der Waals surface area (Å²) in [5.74, 6) is -0.672. The van der Waals surface area contributed by atoms with Crippen molar-refractivity contribution in [2.45, 2.75) is 39.7 Å². The number of carbonyl (C=O) groups is 2. The number of nitrogens with one attached hydrogen (secondary N) is 1. The first-order valence-corrected chi connectivity index (χ1v) is 11.0. The van der Waals surface area contributed by atoms with Gasteiger partial charge in [0.15, 0.2) is 0 Å². The topological polar surface area (TPSA) is 95.4 Å². The molecule has 2 aromatic heterocycles. The van der Waals surface area contributed by atoms with Crippen molar-refractivity contribution in [1.82, 2.24) is 20.3 Å². The van der Waals surface area contributed by atoms with Gasteiger partial charge in [-0.05, 0) is 38.3 Å². The zero-order valence-electron chi connectivity index (χ0n) is 17.5. The van der Waals surface area contributed by atoms with E-state index in [1.807, 2.05) is 19.1 Å². The Kier molecular flexibility index (Phi) is 6.11. The zero-order chi connectivity index (χ0) is 22.0. The first-order chi connectivity index (χ1) is 15.0. The summed E-state index contributed by atoms with van der Waals surface area (Å²) in [6, 6.07) is 3.34. The molecule has 0 unspecified atom stereocenters. The smallest absolute Gasteiger partial charge is 0.293 e. The molecule has 2 N–H and O–H groups in total. The maximum atomic E-state index is 13.3. The second-order valence-corrected chi connectivity index (χ2v) is 8.67. The molecule has 1 aliphatic heterocycles. The molecule has 0 saturated heterocycles. The fourth-order valence-electron chi connectivity index (χ4n) is 3.78. The van der Waals surface area contributed by atoms with Gasteiger partial charge in [-0.2, -0.15) is 0 Å². The molecule has 3 heterocycles. The predicted molar refractivity (Wildman–Crippen MR) is 119 cm³/mol. The molecule has 2 aromatic rings. The Labute approximate surface area is 184 Å². The van der Waals surface area contributed by atoms with E-state index >= 15 is 0 Å². The average molecular weight is 437 g/mol. The Morgan fingerprint density at radius 1 is 1.16 bits per heavy atom. The van der Waals surface area contributed by atoms with Gasteiger partial charge in [0.05, 0.1) is 5.69 Å². The molecule has 31 heavy (non-hydrogen) atoms. The van der Waals surface area contributed by atoms with Crippen LogP contribution in [0.2, 0.25) is 0 Å². The normalized spacial score (nSPS) is 16.0. The number of thiazole rings is 1. The van der Waals surface area contributed by atoms with Crippen molar-refractivity contribution in [3.8, 4) is 0 Å². The van der Waals surface area contributed by atoms with E-state index in [0.717, 1.165) is 40.4 Å². The van der Waals surface area contributed by atoms with Crippen LogP contribution in [-0.2, 0) is 13.0 Å². The van der Waals surface area contributed by atoms with E-state index < -0.39 is 5.91 Å². The van der Waals surface area contributed by atoms with Gasteiger partial charge >= 0.3 is 0 Å². The van der Waals surface area contributed by atoms with Crippen LogP contribution in [0.4, 0.5) is 0 Å². The van der Waals surface area contributed by atoms with Crippen LogP contribution in [0.15, 0.2) is 42.0 Å². The van der Waals surface area contributed by atoms with Crippen molar-refractivity contribution < 1.29 is 14.8 Å². The molecule has 2 amide bonds. The first-order valence-electron chi connectivity index (χ1n) is 10.2. The van der Waals surface area contributed by atoms with Crippen LogP contribution < -0.4 is 5.48 Å². The van der Waals surface area contributed by atoms with Crippen molar-refractivity contribution in [2.24, 2.45) is 0 Å². The predicted octanol–water partition coefficient (Wildman–Crippen LogP) is 3.84.